The van der Waals surface area contributed by atoms with Crippen molar-refractivity contribution in [3.05, 3.63) is 56.2 Å². The second kappa shape index (κ2) is 17.7. The molecule has 2 atom stereocenters. The number of nitrogens with one attached hydrogen (secondary N) is 1. The van der Waals surface area contributed by atoms with Crippen LogP contribution in [0.5, 0.6) is 11.5 Å². The number of halogens is 1. The van der Waals surface area contributed by atoms with Gasteiger partial charge in [0.25, 0.3) is 18.3 Å². The smallest absolute Gasteiger partial charge is 0.352 e. The van der Waals surface area contributed by atoms with Gasteiger partial charge in [0.2, 0.25) is 0 Å². The number of aliphatic hydroxyl groups is 1. The number of carboxylic acid groups (broad SMARTS) is 2. The fourth-order valence-electron chi connectivity index (χ4n) is 6.86. The van der Waals surface area contributed by atoms with E-state index >= 15 is 4.39 Å². The van der Waals surface area contributed by atoms with Crippen molar-refractivity contribution in [2.45, 2.75) is 70.6 Å². The monoisotopic (exact) mass is 822 g/mol. The minimum Gasteiger partial charge on any atom is -0.504 e. The van der Waals surface area contributed by atoms with Crippen LogP contribution in [0.4, 0.5) is 9.52 Å². The van der Waals surface area contributed by atoms with E-state index in [9.17, 15) is 34.5 Å². The molecule has 2 amide bonds. The minimum absolute atomic E-state index is 0.0725. The van der Waals surface area contributed by atoms with Crippen LogP contribution in [0.2, 0.25) is 0 Å². The highest BCUT2D eigenvalue weighted by atomic mass is 32.2. The summed E-state index contributed by atoms with van der Waals surface area (Å²) in [6.07, 6.45) is 3.21. The first-order valence-electron chi connectivity index (χ1n) is 17.3. The molecule has 18 nitrogen and oxygen atoms in total. The number of thiazole rings is 1. The molecule has 304 valence electrons. The number of carboxylic acids is 1. The summed E-state index contributed by atoms with van der Waals surface area (Å²) >= 11 is 2.43. The average Bonchev–Trinajstić information content (AvgIpc) is 3.80. The summed E-state index contributed by atoms with van der Waals surface area (Å²) in [5, 5.41) is 52.1. The van der Waals surface area contributed by atoms with E-state index in [-0.39, 0.29) is 65.0 Å². The second-order valence-corrected chi connectivity index (χ2v) is 16.0. The number of phenolic OH excluding ortho intramolecular Hbond substituents is 2. The zero-order valence-corrected chi connectivity index (χ0v) is 32.9. The highest BCUT2D eigenvalue weighted by Gasteiger charge is 2.55. The van der Waals surface area contributed by atoms with Crippen LogP contribution in [0, 0.1) is 5.82 Å². The van der Waals surface area contributed by atoms with Crippen LogP contribution in [0.25, 0.3) is 10.9 Å². The molecule has 0 spiro atoms. The van der Waals surface area contributed by atoms with E-state index in [4.69, 9.17) is 25.6 Å². The van der Waals surface area contributed by atoms with Gasteiger partial charge in [-0.2, -0.15) is 0 Å². The minimum atomic E-state index is -1.28. The fourth-order valence-corrected chi connectivity index (χ4v) is 8.74. The Bertz CT molecular complexity index is 2120. The third kappa shape index (κ3) is 8.90. The van der Waals surface area contributed by atoms with E-state index in [0.29, 0.717) is 28.7 Å². The molecular weight excluding hydrogens is 778 g/mol. The lowest BCUT2D eigenvalue weighted by molar-refractivity contribution is -0.925. The molecule has 5 heterocycles. The molecule has 2 fully saturated rings. The van der Waals surface area contributed by atoms with Gasteiger partial charge in [0.15, 0.2) is 33.6 Å². The first kappa shape index (κ1) is 43.5. The lowest BCUT2D eigenvalue weighted by atomic mass is 10.0. The lowest BCUT2D eigenvalue weighted by Gasteiger charge is -2.50. The number of thioether (sulfide) groups is 1. The summed E-state index contributed by atoms with van der Waals surface area (Å²) in [7, 11) is 1.00. The Labute approximate surface area is 328 Å². The summed E-state index contributed by atoms with van der Waals surface area (Å²) in [5.41, 5.74) is 5.16. The average molecular weight is 823 g/mol. The van der Waals surface area contributed by atoms with Crippen LogP contribution >= 0.6 is 23.1 Å². The maximum atomic E-state index is 15.0. The number of nitrogen functional groups attached to an aromatic ring is 1. The number of nitrogens with two attached hydrogens (primary N) is 1. The third-order valence-corrected chi connectivity index (χ3v) is 11.2. The van der Waals surface area contributed by atoms with Crippen molar-refractivity contribution < 1.29 is 58.4 Å². The Morgan fingerprint density at radius 2 is 1.84 bits per heavy atom. The summed E-state index contributed by atoms with van der Waals surface area (Å²) in [6, 6.07) is 0.0254. The highest BCUT2D eigenvalue weighted by molar-refractivity contribution is 8.00. The number of aliphatic hydroxyl groups excluding tert-OH is 1. The number of aryl methyl sites for hydroxylation is 1. The van der Waals surface area contributed by atoms with E-state index in [1.165, 1.54) is 21.2 Å². The van der Waals surface area contributed by atoms with Crippen LogP contribution in [-0.2, 0) is 37.1 Å². The van der Waals surface area contributed by atoms with Gasteiger partial charge in [-0.15, -0.1) is 23.1 Å². The molecule has 2 unspecified atom stereocenters. The number of nitrogens with zero attached hydrogens (tertiary/aromatic N) is 5. The Hall–Kier alpha value is -5.25. The number of aromatic hydroxyl groups is 2. The maximum absolute atomic E-state index is 15.0. The first-order valence-corrected chi connectivity index (χ1v) is 19.2. The molecule has 1 aromatic carbocycles. The van der Waals surface area contributed by atoms with Crippen LogP contribution in [-0.4, -0.2) is 124 Å². The van der Waals surface area contributed by atoms with Crippen molar-refractivity contribution in [3.63, 3.8) is 0 Å². The summed E-state index contributed by atoms with van der Waals surface area (Å²) < 4.78 is 16.9. The lowest BCUT2D eigenvalue weighted by Crippen LogP contribution is -2.71. The van der Waals surface area contributed by atoms with Crippen molar-refractivity contribution in [1.29, 1.82) is 0 Å². The highest BCUT2D eigenvalue weighted by Crippen LogP contribution is 2.42. The topological polar surface area (TPSA) is 267 Å². The number of anilines is 1. The summed E-state index contributed by atoms with van der Waals surface area (Å²) in [6.45, 7) is 8.76. The Kier molecular flexibility index (Phi) is 13.7. The number of oxime groups is 1. The van der Waals surface area contributed by atoms with E-state index in [2.05, 4.69) is 15.5 Å². The Morgan fingerprint density at radius 3 is 2.39 bits per heavy atom. The molecule has 0 radical (unpaired) electrons. The van der Waals surface area contributed by atoms with Crippen molar-refractivity contribution in [2.24, 2.45) is 5.16 Å². The fraction of sp³-hybridized carbons (Fsp3) is 0.457. The number of fused-ring (bicyclic) bond motifs is 2. The van der Waals surface area contributed by atoms with Gasteiger partial charge in [0.05, 0.1) is 29.6 Å². The molecule has 0 bridgehead atoms. The van der Waals surface area contributed by atoms with Crippen molar-refractivity contribution in [1.82, 2.24) is 19.8 Å². The zero-order valence-electron chi connectivity index (χ0n) is 31.3. The number of phenols is 2. The van der Waals surface area contributed by atoms with Gasteiger partial charge in [-0.25, -0.2) is 14.2 Å². The molecule has 6 rings (SSSR count). The summed E-state index contributed by atoms with van der Waals surface area (Å²) in [5.74, 6) is -5.11. The SMILES string of the molecule is CCn1cc(C[N+]2(CC3=C(C(=O)O)N4C(=O)C(NC(=O)/C(=N\OC(C)(C)C)c5csc(N)n5)C4SC3)CCCC2)c(=O)c2cc(O)c(O)c(F)c21.CO.O=CO. The van der Waals surface area contributed by atoms with Crippen LogP contribution < -0.4 is 16.5 Å². The number of carbonyl (C=O) groups is 4. The molecule has 0 saturated carbocycles. The largest absolute Gasteiger partial charge is 0.504 e. The molecule has 2 aromatic heterocycles. The van der Waals surface area contributed by atoms with Gasteiger partial charge in [-0.05, 0) is 33.8 Å². The molecule has 8 N–H and O–H groups in total. The van der Waals surface area contributed by atoms with Gasteiger partial charge in [-0.1, -0.05) is 5.16 Å². The number of pyridine rings is 1. The van der Waals surface area contributed by atoms with Crippen molar-refractivity contribution >= 4 is 69.1 Å². The normalized spacial score (nSPS) is 18.9. The molecule has 21 heteroatoms. The number of carbonyl (C=O) groups excluding carboxylic acids is 2. The maximum Gasteiger partial charge on any atom is 0.352 e. The Morgan fingerprint density at radius 1 is 1.20 bits per heavy atom. The van der Waals surface area contributed by atoms with Gasteiger partial charge in [0.1, 0.15) is 41.5 Å². The number of quaternary nitrogens is 1. The number of amides is 2. The number of hydrogen-bond acceptors (Lipinski definition) is 14. The predicted molar refractivity (Wildman–Crippen MR) is 205 cm³/mol. The van der Waals surface area contributed by atoms with Crippen LogP contribution in [0.1, 0.15) is 51.8 Å². The number of hydrogen-bond donors (Lipinski definition) is 7. The zero-order chi connectivity index (χ0) is 41.7. The van der Waals surface area contributed by atoms with Gasteiger partial charge < -0.3 is 50.5 Å². The van der Waals surface area contributed by atoms with Crippen LogP contribution in [0.15, 0.2) is 38.9 Å². The van der Waals surface area contributed by atoms with Gasteiger partial charge in [-0.3, -0.25) is 24.1 Å². The van der Waals surface area contributed by atoms with E-state index in [1.54, 1.807) is 39.3 Å². The molecule has 3 aromatic rings. The van der Waals surface area contributed by atoms with E-state index in [0.717, 1.165) is 37.4 Å². The quantitative estimate of drug-likeness (QED) is 0.0385. The molecule has 0 aliphatic carbocycles. The predicted octanol–water partition coefficient (Wildman–Crippen LogP) is 1.99. The molecular formula is C35H45FN7O11S2+. The molecule has 3 aliphatic heterocycles. The number of benzene rings is 1. The molecule has 2 saturated heterocycles. The van der Waals surface area contributed by atoms with Crippen molar-refractivity contribution in [2.75, 3.05) is 38.2 Å². The number of aliphatic carboxylic acids is 1. The Balaban J connectivity index is 0.00000133. The number of aromatic nitrogens is 2. The first-order chi connectivity index (χ1) is 26.5. The second-order valence-electron chi connectivity index (χ2n) is 14.0. The van der Waals surface area contributed by atoms with Gasteiger partial charge >= 0.3 is 5.97 Å². The molecule has 56 heavy (non-hydrogen) atoms. The third-order valence-electron chi connectivity index (χ3n) is 9.14. The number of β-lactam (4-membered cyclic amide) rings is 1. The van der Waals surface area contributed by atoms with Gasteiger partial charge in [0, 0.05) is 49.4 Å². The molecule has 3 aliphatic rings. The van der Waals surface area contributed by atoms with Crippen LogP contribution in [0.3, 0.4) is 0 Å². The standard InChI is InChI=1S/C33H38FN7O8S2.CH2O2.CH4O/c1-5-39-11-16(26(43)18-10-20(42)27(44)21(34)25(18)39)12-41(8-6-7-9-41)13-17-14-50-30-23(29(46)40(30)24(17)31(47)48)37-28(45)22(38-49-33(2,3)4)19-15-51-32(35)36-19;2-1-3;1-2/h10-11,15,23,30H,5-9,12-14H2,1-4H3,(H5-,35,36,37,38,42,43,44,45,47,48);1H,(H,2,3);2H,1H3/p+1. The van der Waals surface area contributed by atoms with E-state index < -0.39 is 57.5 Å². The van der Waals surface area contributed by atoms with E-state index in [1.807, 2.05) is 0 Å². The van der Waals surface area contributed by atoms with Crippen molar-refractivity contribution in [3.8, 4) is 11.5 Å². The summed E-state index contributed by atoms with van der Waals surface area (Å²) in [4.78, 5) is 72.7. The number of rotatable bonds is 10. The number of likely N-dealkylation sites (tertiary alicyclic amines) is 1.